The van der Waals surface area contributed by atoms with Crippen LogP contribution >= 0.6 is 23.5 Å². The normalized spacial score (nSPS) is 13.0. The van der Waals surface area contributed by atoms with Crippen LogP contribution in [0.1, 0.15) is 30.9 Å². The standard InChI is InChI=1S/C13H16N2OS.C7H12O3S/c1-9-4-5-12(6-10(9)2)15-13(16)7-11(14-15)8-17-3;1-3-10-7(9)4-6(8)5-11-2/h4-6H,7-8H2,1-3H3;3-5H2,1-2H3. The van der Waals surface area contributed by atoms with Gasteiger partial charge in [-0.15, -0.1) is 0 Å². The van der Waals surface area contributed by atoms with Crippen molar-refractivity contribution in [2.24, 2.45) is 5.10 Å². The third-order valence-electron chi connectivity index (χ3n) is 3.83. The first-order valence-electron chi connectivity index (χ1n) is 8.94. The van der Waals surface area contributed by atoms with Crippen LogP contribution in [0.4, 0.5) is 5.69 Å². The number of carbonyl (C=O) groups is 3. The maximum absolute atomic E-state index is 11.9. The number of amides is 1. The molecule has 0 atom stereocenters. The van der Waals surface area contributed by atoms with E-state index in [1.54, 1.807) is 18.7 Å². The molecule has 1 aromatic carbocycles. The molecule has 8 heteroatoms. The van der Waals surface area contributed by atoms with E-state index in [-0.39, 0.29) is 18.1 Å². The zero-order valence-electron chi connectivity index (χ0n) is 17.1. The van der Waals surface area contributed by atoms with Crippen LogP contribution in [0, 0.1) is 13.8 Å². The summed E-state index contributed by atoms with van der Waals surface area (Å²) in [4.78, 5) is 33.3. The number of aryl methyl sites for hydroxylation is 2. The van der Waals surface area contributed by atoms with Gasteiger partial charge >= 0.3 is 5.97 Å². The Hall–Kier alpha value is -1.80. The molecule has 1 aliphatic rings. The fourth-order valence-corrected chi connectivity index (χ4v) is 3.29. The molecule has 1 amide bonds. The zero-order chi connectivity index (χ0) is 21.1. The highest BCUT2D eigenvalue weighted by molar-refractivity contribution is 7.99. The lowest BCUT2D eigenvalue weighted by atomic mass is 10.1. The second kappa shape index (κ2) is 12.6. The number of Topliss-reactive ketones (excluding diaryl/α,β-unsaturated/α-hetero) is 1. The van der Waals surface area contributed by atoms with Crippen molar-refractivity contribution in [1.82, 2.24) is 0 Å². The molecule has 0 N–H and O–H groups in total. The summed E-state index contributed by atoms with van der Waals surface area (Å²) in [7, 11) is 0. The third-order valence-corrected chi connectivity index (χ3v) is 5.06. The highest BCUT2D eigenvalue weighted by Gasteiger charge is 2.24. The van der Waals surface area contributed by atoms with Crippen molar-refractivity contribution in [3.05, 3.63) is 29.3 Å². The van der Waals surface area contributed by atoms with Crippen LogP contribution in [-0.4, -0.2) is 54.0 Å². The maximum atomic E-state index is 11.9. The second-order valence-corrected chi connectivity index (χ2v) is 7.94. The largest absolute Gasteiger partial charge is 0.466 e. The van der Waals surface area contributed by atoms with Crippen LogP contribution in [0.15, 0.2) is 23.3 Å². The number of esters is 1. The summed E-state index contributed by atoms with van der Waals surface area (Å²) in [6.07, 6.45) is 4.21. The van der Waals surface area contributed by atoms with Gasteiger partial charge in [0.2, 0.25) is 0 Å². The van der Waals surface area contributed by atoms with Crippen molar-refractivity contribution in [3.8, 4) is 0 Å². The van der Waals surface area contributed by atoms with E-state index in [1.807, 2.05) is 37.6 Å². The van der Waals surface area contributed by atoms with Crippen molar-refractivity contribution >= 4 is 52.6 Å². The lowest BCUT2D eigenvalue weighted by Gasteiger charge is -2.13. The first-order chi connectivity index (χ1) is 13.3. The summed E-state index contributed by atoms with van der Waals surface area (Å²) in [6.45, 7) is 6.17. The molecule has 0 saturated heterocycles. The maximum Gasteiger partial charge on any atom is 0.313 e. The predicted octanol–water partition coefficient (Wildman–Crippen LogP) is 3.63. The molecule has 154 valence electrons. The number of anilines is 1. The molecule has 0 unspecified atom stereocenters. The van der Waals surface area contributed by atoms with Crippen LogP contribution < -0.4 is 5.01 Å². The van der Waals surface area contributed by atoms with Gasteiger partial charge in [-0.25, -0.2) is 5.01 Å². The molecular formula is C20H28N2O4S2. The topological polar surface area (TPSA) is 76.0 Å². The monoisotopic (exact) mass is 424 g/mol. The molecule has 0 radical (unpaired) electrons. The van der Waals surface area contributed by atoms with Crippen molar-refractivity contribution in [1.29, 1.82) is 0 Å². The van der Waals surface area contributed by atoms with Gasteiger partial charge in [-0.05, 0) is 56.5 Å². The summed E-state index contributed by atoms with van der Waals surface area (Å²) < 4.78 is 4.59. The van der Waals surface area contributed by atoms with Gasteiger partial charge in [-0.3, -0.25) is 14.4 Å². The Bertz CT molecular complexity index is 719. The molecule has 0 aliphatic carbocycles. The average molecular weight is 425 g/mol. The van der Waals surface area contributed by atoms with E-state index in [0.717, 1.165) is 17.2 Å². The van der Waals surface area contributed by atoms with Crippen LogP contribution in [0.3, 0.4) is 0 Å². The summed E-state index contributed by atoms with van der Waals surface area (Å²) in [5.74, 6) is 0.783. The number of rotatable bonds is 8. The molecule has 1 aliphatic heterocycles. The van der Waals surface area contributed by atoms with Crippen LogP contribution in [0.5, 0.6) is 0 Å². The lowest BCUT2D eigenvalue weighted by Crippen LogP contribution is -2.19. The molecule has 0 fully saturated rings. The fraction of sp³-hybridized carbons (Fsp3) is 0.500. The van der Waals surface area contributed by atoms with Gasteiger partial charge in [0.15, 0.2) is 5.78 Å². The minimum Gasteiger partial charge on any atom is -0.466 e. The highest BCUT2D eigenvalue weighted by atomic mass is 32.2. The van der Waals surface area contributed by atoms with E-state index >= 15 is 0 Å². The molecular weight excluding hydrogens is 396 g/mol. The summed E-state index contributed by atoms with van der Waals surface area (Å²) >= 11 is 3.11. The smallest absolute Gasteiger partial charge is 0.313 e. The van der Waals surface area contributed by atoms with Crippen LogP contribution in [-0.2, 0) is 19.1 Å². The van der Waals surface area contributed by atoms with Gasteiger partial charge in [-0.1, -0.05) is 6.07 Å². The quantitative estimate of drug-likeness (QED) is 0.468. The SMILES string of the molecule is CCOC(=O)CC(=O)CSC.CSCC1=NN(c2ccc(C)c(C)c2)C(=O)C1. The third kappa shape index (κ3) is 8.06. The Morgan fingerprint density at radius 2 is 1.89 bits per heavy atom. The molecule has 0 bridgehead atoms. The Morgan fingerprint density at radius 3 is 2.46 bits per heavy atom. The van der Waals surface area contributed by atoms with Gasteiger partial charge in [0, 0.05) is 5.75 Å². The Balaban J connectivity index is 0.000000311. The molecule has 28 heavy (non-hydrogen) atoms. The Labute approximate surface area is 175 Å². The van der Waals surface area contributed by atoms with E-state index in [0.29, 0.717) is 18.8 Å². The fourth-order valence-electron chi connectivity index (χ4n) is 2.37. The van der Waals surface area contributed by atoms with E-state index in [4.69, 9.17) is 0 Å². The van der Waals surface area contributed by atoms with E-state index in [1.165, 1.54) is 27.9 Å². The molecule has 1 aromatic rings. The molecule has 0 aromatic heterocycles. The number of nitrogens with zero attached hydrogens (tertiary/aromatic N) is 2. The molecule has 1 heterocycles. The summed E-state index contributed by atoms with van der Waals surface area (Å²) in [5, 5.41) is 5.91. The number of benzene rings is 1. The van der Waals surface area contributed by atoms with Gasteiger partial charge in [0.1, 0.15) is 6.42 Å². The van der Waals surface area contributed by atoms with E-state index in [2.05, 4.69) is 16.8 Å². The second-order valence-electron chi connectivity index (χ2n) is 6.20. The molecule has 0 saturated carbocycles. The van der Waals surface area contributed by atoms with Crippen LogP contribution in [0.2, 0.25) is 0 Å². The number of hydrogen-bond acceptors (Lipinski definition) is 7. The van der Waals surface area contributed by atoms with E-state index in [9.17, 15) is 14.4 Å². The predicted molar refractivity (Wildman–Crippen MR) is 118 cm³/mol. The van der Waals surface area contributed by atoms with Crippen molar-refractivity contribution in [2.45, 2.75) is 33.6 Å². The number of thioether (sulfide) groups is 2. The lowest BCUT2D eigenvalue weighted by molar-refractivity contribution is -0.145. The average Bonchev–Trinajstić information content (AvgIpc) is 2.99. The van der Waals surface area contributed by atoms with Gasteiger partial charge in [0.25, 0.3) is 5.91 Å². The van der Waals surface area contributed by atoms with E-state index < -0.39 is 5.97 Å². The first-order valence-corrected chi connectivity index (χ1v) is 11.7. The first kappa shape index (κ1) is 24.2. The van der Waals surface area contributed by atoms with Gasteiger partial charge < -0.3 is 4.74 Å². The van der Waals surface area contributed by atoms with Crippen LogP contribution in [0.25, 0.3) is 0 Å². The Kier molecular flexibility index (Phi) is 10.9. The number of hydrazone groups is 1. The molecule has 6 nitrogen and oxygen atoms in total. The minimum atomic E-state index is -0.424. The number of ketones is 1. The summed E-state index contributed by atoms with van der Waals surface area (Å²) in [6, 6.07) is 5.99. The highest BCUT2D eigenvalue weighted by Crippen LogP contribution is 2.23. The summed E-state index contributed by atoms with van der Waals surface area (Å²) in [5.41, 5.74) is 4.24. The molecule has 2 rings (SSSR count). The number of carbonyl (C=O) groups excluding carboxylic acids is 3. The molecule has 0 spiro atoms. The van der Waals surface area contributed by atoms with Crippen molar-refractivity contribution in [2.75, 3.05) is 35.6 Å². The number of hydrogen-bond donors (Lipinski definition) is 0. The van der Waals surface area contributed by atoms with Gasteiger partial charge in [0.05, 0.1) is 30.2 Å². The Morgan fingerprint density at radius 1 is 1.18 bits per heavy atom. The minimum absolute atomic E-state index is 0.0669. The number of ether oxygens (including phenoxy) is 1. The van der Waals surface area contributed by atoms with Gasteiger partial charge in [-0.2, -0.15) is 28.6 Å². The van der Waals surface area contributed by atoms with Crippen molar-refractivity contribution < 1.29 is 19.1 Å². The zero-order valence-corrected chi connectivity index (χ0v) is 18.7. The van der Waals surface area contributed by atoms with Crippen molar-refractivity contribution in [3.63, 3.8) is 0 Å².